The van der Waals surface area contributed by atoms with E-state index in [2.05, 4.69) is 35.0 Å². The van der Waals surface area contributed by atoms with Gasteiger partial charge in [-0.25, -0.2) is 4.98 Å². The molecule has 3 N–H and O–H groups in total. The summed E-state index contributed by atoms with van der Waals surface area (Å²) in [5.74, 6) is 2.83. The third kappa shape index (κ3) is 4.53. The number of hydrogen-bond donors (Lipinski definition) is 2. The maximum Gasteiger partial charge on any atom is 0.263 e. The van der Waals surface area contributed by atoms with Gasteiger partial charge in [-0.3, -0.25) is 4.90 Å². The summed E-state index contributed by atoms with van der Waals surface area (Å²) in [5, 5.41) is 26.4. The molecule has 6 heterocycles. The lowest BCUT2D eigenvalue weighted by molar-refractivity contribution is 0.0277. The molecule has 5 aliphatic rings. The second-order valence-corrected chi connectivity index (χ2v) is 15.2. The van der Waals surface area contributed by atoms with E-state index in [9.17, 15) is 10.4 Å². The number of hydrogen-bond acceptors (Lipinski definition) is 12. The van der Waals surface area contributed by atoms with Crippen LogP contribution in [-0.2, 0) is 18.3 Å². The van der Waals surface area contributed by atoms with Crippen LogP contribution in [0, 0.1) is 11.3 Å². The number of thiophene rings is 1. The molecule has 0 radical (unpaired) electrons. The number of aryl methyl sites for hydroxylation is 1. The van der Waals surface area contributed by atoms with Crippen molar-refractivity contribution in [1.29, 1.82) is 5.26 Å². The lowest BCUT2D eigenvalue weighted by atomic mass is 9.63. The molecule has 2 fully saturated rings. The van der Waals surface area contributed by atoms with Gasteiger partial charge in [0.05, 0.1) is 22.6 Å². The SMILES string of the molecule is C[C@H](Oc1nc(-c2noc3c2CCC[C@@]32CCCc3sc(N)c(C#N)c32)nc2c1OC[C@H]1CC[C@@](C)(O)CN21)[C@@H]1CCCN1C. The van der Waals surface area contributed by atoms with Gasteiger partial charge in [0.1, 0.15) is 23.8 Å². The molecular weight excluding hydrogens is 590 g/mol. The smallest absolute Gasteiger partial charge is 0.263 e. The van der Waals surface area contributed by atoms with Crippen LogP contribution in [0.25, 0.3) is 11.5 Å². The molecule has 3 aromatic rings. The number of nitrogen functional groups attached to an aromatic ring is 1. The van der Waals surface area contributed by atoms with Crippen molar-refractivity contribution < 1.29 is 19.1 Å². The van der Waals surface area contributed by atoms with Crippen molar-refractivity contribution in [1.82, 2.24) is 20.0 Å². The summed E-state index contributed by atoms with van der Waals surface area (Å²) < 4.78 is 19.3. The number of ether oxygens (including phenoxy) is 2. The molecule has 238 valence electrons. The van der Waals surface area contributed by atoms with E-state index in [1.165, 1.54) is 16.2 Å². The van der Waals surface area contributed by atoms with E-state index < -0.39 is 11.0 Å². The average Bonchev–Trinajstić information content (AvgIpc) is 3.74. The molecule has 3 aromatic heterocycles. The summed E-state index contributed by atoms with van der Waals surface area (Å²) >= 11 is 1.54. The number of aromatic nitrogens is 3. The van der Waals surface area contributed by atoms with Gasteiger partial charge >= 0.3 is 0 Å². The molecule has 11 nitrogen and oxygen atoms in total. The Hall–Kier alpha value is -3.40. The fraction of sp³-hybridized carbons (Fsp3) is 0.636. The van der Waals surface area contributed by atoms with E-state index in [0.717, 1.165) is 81.2 Å². The molecule has 1 spiro atoms. The van der Waals surface area contributed by atoms with Crippen molar-refractivity contribution in [3.63, 3.8) is 0 Å². The van der Waals surface area contributed by atoms with Crippen molar-refractivity contribution in [2.45, 2.75) is 107 Å². The summed E-state index contributed by atoms with van der Waals surface area (Å²) in [7, 11) is 2.14. The average molecular weight is 632 g/mol. The van der Waals surface area contributed by atoms with Gasteiger partial charge in [0.25, 0.3) is 5.88 Å². The number of rotatable bonds is 4. The van der Waals surface area contributed by atoms with Crippen LogP contribution in [0.4, 0.5) is 10.8 Å². The minimum absolute atomic E-state index is 0.107. The van der Waals surface area contributed by atoms with Crippen LogP contribution in [0.15, 0.2) is 4.52 Å². The number of nitriles is 1. The van der Waals surface area contributed by atoms with Crippen LogP contribution in [0.3, 0.4) is 0 Å². The first-order chi connectivity index (χ1) is 21.7. The highest BCUT2D eigenvalue weighted by atomic mass is 32.1. The number of likely N-dealkylation sites (N-methyl/N-ethyl adjacent to an activating group) is 1. The Labute approximate surface area is 267 Å². The molecule has 0 bridgehead atoms. The van der Waals surface area contributed by atoms with Gasteiger partial charge in [-0.1, -0.05) is 5.16 Å². The van der Waals surface area contributed by atoms with Crippen molar-refractivity contribution in [3.05, 3.63) is 27.3 Å². The van der Waals surface area contributed by atoms with Gasteiger partial charge in [-0.2, -0.15) is 10.2 Å². The highest BCUT2D eigenvalue weighted by Crippen LogP contribution is 2.55. The Morgan fingerprint density at radius 2 is 2.00 bits per heavy atom. The molecule has 0 aromatic carbocycles. The molecule has 2 aliphatic carbocycles. The van der Waals surface area contributed by atoms with E-state index in [1.807, 2.05) is 6.92 Å². The molecule has 12 heteroatoms. The predicted molar refractivity (Wildman–Crippen MR) is 170 cm³/mol. The van der Waals surface area contributed by atoms with Gasteiger partial charge < -0.3 is 29.7 Å². The number of likely N-dealkylation sites (tertiary alicyclic amines) is 1. The number of fused-ring (bicyclic) bond motifs is 7. The first-order valence-electron chi connectivity index (χ1n) is 16.4. The van der Waals surface area contributed by atoms with Gasteiger partial charge in [-0.15, -0.1) is 11.3 Å². The number of nitrogens with two attached hydrogens (primary N) is 1. The highest BCUT2D eigenvalue weighted by Gasteiger charge is 2.49. The minimum Gasteiger partial charge on any atom is -0.483 e. The Bertz CT molecular complexity index is 1690. The maximum absolute atomic E-state index is 11.1. The van der Waals surface area contributed by atoms with Crippen LogP contribution in [0.1, 0.15) is 92.5 Å². The second kappa shape index (κ2) is 10.6. The Balaban J connectivity index is 1.26. The summed E-state index contributed by atoms with van der Waals surface area (Å²) in [6.07, 6.45) is 9.01. The molecular formula is C33H41N7O4S. The summed E-state index contributed by atoms with van der Waals surface area (Å²) in [5.41, 5.74) is 8.34. The first kappa shape index (κ1) is 29.0. The molecule has 3 aliphatic heterocycles. The van der Waals surface area contributed by atoms with Gasteiger partial charge in [0.2, 0.25) is 5.75 Å². The van der Waals surface area contributed by atoms with Crippen LogP contribution < -0.4 is 20.1 Å². The van der Waals surface area contributed by atoms with Crippen LogP contribution in [-0.4, -0.2) is 75.7 Å². The Morgan fingerprint density at radius 1 is 1.18 bits per heavy atom. The third-order valence-electron chi connectivity index (χ3n) is 11.0. The molecule has 5 atom stereocenters. The lowest BCUT2D eigenvalue weighted by Crippen LogP contribution is -2.55. The van der Waals surface area contributed by atoms with Gasteiger partial charge in [0.15, 0.2) is 23.1 Å². The number of aliphatic hydroxyl groups is 1. The fourth-order valence-corrected chi connectivity index (χ4v) is 9.90. The van der Waals surface area contributed by atoms with Crippen molar-refractivity contribution in [2.24, 2.45) is 0 Å². The van der Waals surface area contributed by atoms with Crippen LogP contribution in [0.5, 0.6) is 11.6 Å². The monoisotopic (exact) mass is 631 g/mol. The normalized spacial score (nSPS) is 29.7. The standard InChI is InChI=1S/C33H41N7O4S/c1-18(22-8-6-14-39(22)3)43-31-26-30(40-17-32(2,41)13-10-19(40)16-42-26)36-29(37-31)25-20-7-4-11-33(27(20)44-38-25)12-5-9-23-24(33)21(15-34)28(35)45-23/h18-19,22,41H,4-14,16-17,35H2,1-3H3/t18-,19+,22-,32+,33-/m0/s1. The molecule has 8 rings (SSSR count). The maximum atomic E-state index is 11.1. The quantitative estimate of drug-likeness (QED) is 0.417. The number of piperidine rings is 1. The summed E-state index contributed by atoms with van der Waals surface area (Å²) in [6.45, 7) is 5.97. The zero-order valence-corrected chi connectivity index (χ0v) is 27.1. The van der Waals surface area contributed by atoms with E-state index >= 15 is 0 Å². The van der Waals surface area contributed by atoms with E-state index in [1.54, 1.807) is 0 Å². The van der Waals surface area contributed by atoms with E-state index in [0.29, 0.717) is 59.1 Å². The topological polar surface area (TPSA) is 147 Å². The molecule has 0 saturated carbocycles. The Morgan fingerprint density at radius 3 is 2.78 bits per heavy atom. The van der Waals surface area contributed by atoms with Gasteiger partial charge in [0, 0.05) is 23.0 Å². The largest absolute Gasteiger partial charge is 0.483 e. The predicted octanol–water partition coefficient (Wildman–Crippen LogP) is 4.58. The fourth-order valence-electron chi connectivity index (χ4n) is 8.74. The Kier molecular flexibility index (Phi) is 6.82. The first-order valence-corrected chi connectivity index (χ1v) is 17.2. The summed E-state index contributed by atoms with van der Waals surface area (Å²) in [4.78, 5) is 15.8. The van der Waals surface area contributed by atoms with Crippen molar-refractivity contribution in [2.75, 3.05) is 37.4 Å². The minimum atomic E-state index is -0.837. The van der Waals surface area contributed by atoms with E-state index in [-0.39, 0.29) is 18.2 Å². The zero-order valence-electron chi connectivity index (χ0n) is 26.3. The number of nitrogens with zero attached hydrogens (tertiary/aromatic N) is 6. The van der Waals surface area contributed by atoms with E-state index in [4.69, 9.17) is 29.7 Å². The third-order valence-corrected chi connectivity index (χ3v) is 12.0. The molecule has 45 heavy (non-hydrogen) atoms. The van der Waals surface area contributed by atoms with Crippen molar-refractivity contribution in [3.8, 4) is 29.2 Å². The molecule has 0 amide bonds. The molecule has 2 saturated heterocycles. The number of anilines is 2. The second-order valence-electron chi connectivity index (χ2n) is 14.0. The van der Waals surface area contributed by atoms with Crippen LogP contribution >= 0.6 is 11.3 Å². The summed E-state index contributed by atoms with van der Waals surface area (Å²) in [6, 6.07) is 2.79. The van der Waals surface area contributed by atoms with Crippen molar-refractivity contribution >= 4 is 22.2 Å². The highest BCUT2D eigenvalue weighted by molar-refractivity contribution is 7.16. The van der Waals surface area contributed by atoms with Crippen LogP contribution in [0.2, 0.25) is 0 Å². The van der Waals surface area contributed by atoms with Gasteiger partial charge in [-0.05, 0) is 97.2 Å². The lowest BCUT2D eigenvalue weighted by Gasteiger charge is -2.46. The zero-order chi connectivity index (χ0) is 31.1. The molecule has 0 unspecified atom stereocenters.